The second-order valence-electron chi connectivity index (χ2n) is 4.93. The smallest absolute Gasteiger partial charge is 0.349 e. The number of ether oxygens (including phenoxy) is 1. The predicted octanol–water partition coefficient (Wildman–Crippen LogP) is 2.46. The lowest BCUT2D eigenvalue weighted by molar-refractivity contribution is -0.127. The van der Waals surface area contributed by atoms with Crippen LogP contribution in [0.2, 0.25) is 0 Å². The molecule has 1 aromatic heterocycles. The van der Waals surface area contributed by atoms with E-state index < -0.39 is 24.0 Å². The zero-order chi connectivity index (χ0) is 17.0. The summed E-state index contributed by atoms with van der Waals surface area (Å²) in [5, 5.41) is 3.65. The number of urea groups is 1. The summed E-state index contributed by atoms with van der Waals surface area (Å²) in [4.78, 5) is 34.9. The molecule has 0 radical (unpaired) electrons. The molecule has 0 spiro atoms. The Kier molecular flexibility index (Phi) is 5.13. The Morgan fingerprint density at radius 1 is 1.17 bits per heavy atom. The number of esters is 1. The molecular formula is C16H16N2O4S. The van der Waals surface area contributed by atoms with Gasteiger partial charge in [-0.05, 0) is 30.9 Å². The Morgan fingerprint density at radius 2 is 1.83 bits per heavy atom. The Hall–Kier alpha value is -2.67. The average Bonchev–Trinajstić information content (AvgIpc) is 2.96. The summed E-state index contributed by atoms with van der Waals surface area (Å²) in [5.74, 6) is -1.39. The van der Waals surface area contributed by atoms with Gasteiger partial charge in [-0.2, -0.15) is 0 Å². The van der Waals surface area contributed by atoms with E-state index in [4.69, 9.17) is 10.5 Å². The molecule has 1 atom stereocenters. The Labute approximate surface area is 137 Å². The molecule has 0 aliphatic rings. The topological polar surface area (TPSA) is 98.5 Å². The van der Waals surface area contributed by atoms with Crippen molar-refractivity contribution in [1.82, 2.24) is 5.32 Å². The molecule has 2 aromatic rings. The van der Waals surface area contributed by atoms with E-state index in [0.717, 1.165) is 16.7 Å². The number of imide groups is 1. The highest BCUT2D eigenvalue weighted by atomic mass is 32.1. The molecular weight excluding hydrogens is 316 g/mol. The van der Waals surface area contributed by atoms with Gasteiger partial charge in [0.2, 0.25) is 0 Å². The summed E-state index contributed by atoms with van der Waals surface area (Å²) >= 11 is 1.23. The third-order valence-corrected chi connectivity index (χ3v) is 4.01. The molecule has 0 unspecified atom stereocenters. The van der Waals surface area contributed by atoms with Crippen molar-refractivity contribution in [2.75, 3.05) is 0 Å². The number of hydrogen-bond acceptors (Lipinski definition) is 5. The zero-order valence-electron chi connectivity index (χ0n) is 12.7. The molecule has 0 aliphatic carbocycles. The van der Waals surface area contributed by atoms with Crippen molar-refractivity contribution < 1.29 is 19.1 Å². The molecule has 0 saturated heterocycles. The van der Waals surface area contributed by atoms with Crippen LogP contribution in [0.5, 0.6) is 0 Å². The van der Waals surface area contributed by atoms with Crippen LogP contribution in [-0.4, -0.2) is 24.0 Å². The molecule has 0 aliphatic heterocycles. The van der Waals surface area contributed by atoms with Gasteiger partial charge in [0.1, 0.15) is 4.88 Å². The van der Waals surface area contributed by atoms with Crippen molar-refractivity contribution in [3.63, 3.8) is 0 Å². The van der Waals surface area contributed by atoms with E-state index in [1.165, 1.54) is 18.3 Å². The van der Waals surface area contributed by atoms with Crippen LogP contribution in [0.4, 0.5) is 4.79 Å². The minimum atomic E-state index is -1.12. The molecule has 6 nitrogen and oxygen atoms in total. The fourth-order valence-electron chi connectivity index (χ4n) is 1.92. The normalized spacial score (nSPS) is 11.6. The summed E-state index contributed by atoms with van der Waals surface area (Å²) in [7, 11) is 0. The molecule has 120 valence electrons. The number of benzene rings is 1. The first kappa shape index (κ1) is 16.7. The third kappa shape index (κ3) is 4.17. The largest absolute Gasteiger partial charge is 0.448 e. The molecule has 3 amide bonds. The fourth-order valence-corrected chi connectivity index (χ4v) is 2.72. The van der Waals surface area contributed by atoms with Gasteiger partial charge in [0.25, 0.3) is 5.91 Å². The maximum Gasteiger partial charge on any atom is 0.349 e. The van der Waals surface area contributed by atoms with E-state index in [0.29, 0.717) is 4.88 Å². The first-order chi connectivity index (χ1) is 10.9. The maximum absolute atomic E-state index is 12.3. The Bertz CT molecular complexity index is 737. The van der Waals surface area contributed by atoms with E-state index in [1.54, 1.807) is 5.38 Å². The molecule has 7 heteroatoms. The van der Waals surface area contributed by atoms with Gasteiger partial charge in [-0.25, -0.2) is 9.59 Å². The summed E-state index contributed by atoms with van der Waals surface area (Å²) < 4.78 is 5.09. The number of hydrogen-bond donors (Lipinski definition) is 2. The average molecular weight is 332 g/mol. The highest BCUT2D eigenvalue weighted by Gasteiger charge is 2.23. The molecule has 3 N–H and O–H groups in total. The molecule has 23 heavy (non-hydrogen) atoms. The fraction of sp³-hybridized carbons (Fsp3) is 0.188. The molecule has 1 aromatic carbocycles. The summed E-state index contributed by atoms with van der Waals surface area (Å²) in [6.45, 7) is 3.35. The maximum atomic E-state index is 12.3. The summed E-state index contributed by atoms with van der Waals surface area (Å²) in [5.41, 5.74) is 7.60. The minimum absolute atomic E-state index is 0.396. The lowest BCUT2D eigenvalue weighted by atomic mass is 10.1. The zero-order valence-corrected chi connectivity index (χ0v) is 13.5. The van der Waals surface area contributed by atoms with Crippen LogP contribution in [0.3, 0.4) is 0 Å². The van der Waals surface area contributed by atoms with Crippen molar-refractivity contribution >= 4 is 29.2 Å². The quantitative estimate of drug-likeness (QED) is 0.840. The van der Waals surface area contributed by atoms with Crippen LogP contribution in [-0.2, 0) is 9.53 Å². The van der Waals surface area contributed by atoms with Gasteiger partial charge < -0.3 is 10.5 Å². The number of carbonyl (C=O) groups is 3. The van der Waals surface area contributed by atoms with E-state index in [1.807, 2.05) is 42.6 Å². The highest BCUT2D eigenvalue weighted by molar-refractivity contribution is 7.12. The van der Waals surface area contributed by atoms with Gasteiger partial charge in [-0.3, -0.25) is 10.1 Å². The SMILES string of the molecule is Cc1ccc(-c2ccsc2C(=O)O[C@@H](C)C(=O)NC(N)=O)cc1. The van der Waals surface area contributed by atoms with Crippen LogP contribution in [0.25, 0.3) is 11.1 Å². The van der Waals surface area contributed by atoms with E-state index in [-0.39, 0.29) is 0 Å². The van der Waals surface area contributed by atoms with Crippen molar-refractivity contribution in [2.24, 2.45) is 5.73 Å². The number of aryl methyl sites for hydroxylation is 1. The van der Waals surface area contributed by atoms with E-state index >= 15 is 0 Å². The Balaban J connectivity index is 2.15. The molecule has 1 heterocycles. The molecule has 0 saturated carbocycles. The van der Waals surface area contributed by atoms with Crippen LogP contribution < -0.4 is 11.1 Å². The van der Waals surface area contributed by atoms with Gasteiger partial charge in [-0.15, -0.1) is 11.3 Å². The number of thiophene rings is 1. The molecule has 0 bridgehead atoms. The standard InChI is InChI=1S/C16H16N2O4S/c1-9-3-5-11(6-4-9)12-7-8-23-13(12)15(20)22-10(2)14(19)18-16(17)21/h3-8,10H,1-2H3,(H3,17,18,19,21)/t10-/m0/s1. The first-order valence-electron chi connectivity index (χ1n) is 6.84. The van der Waals surface area contributed by atoms with Crippen LogP contribution in [0.1, 0.15) is 22.2 Å². The van der Waals surface area contributed by atoms with Gasteiger partial charge in [-0.1, -0.05) is 29.8 Å². The van der Waals surface area contributed by atoms with E-state index in [9.17, 15) is 14.4 Å². The van der Waals surface area contributed by atoms with Gasteiger partial charge in [0.05, 0.1) is 0 Å². The second kappa shape index (κ2) is 7.06. The Morgan fingerprint density at radius 3 is 2.43 bits per heavy atom. The lowest BCUT2D eigenvalue weighted by Gasteiger charge is -2.12. The minimum Gasteiger partial charge on any atom is -0.448 e. The first-order valence-corrected chi connectivity index (χ1v) is 7.72. The number of nitrogens with two attached hydrogens (primary N) is 1. The predicted molar refractivity (Wildman–Crippen MR) is 87.1 cm³/mol. The lowest BCUT2D eigenvalue weighted by Crippen LogP contribution is -2.42. The third-order valence-electron chi connectivity index (χ3n) is 3.11. The van der Waals surface area contributed by atoms with Crippen molar-refractivity contribution in [2.45, 2.75) is 20.0 Å². The van der Waals surface area contributed by atoms with Crippen molar-refractivity contribution in [3.8, 4) is 11.1 Å². The van der Waals surface area contributed by atoms with Crippen LogP contribution in [0.15, 0.2) is 35.7 Å². The summed E-state index contributed by atoms with van der Waals surface area (Å²) in [6, 6.07) is 8.56. The van der Waals surface area contributed by atoms with Crippen molar-refractivity contribution in [3.05, 3.63) is 46.2 Å². The monoisotopic (exact) mass is 332 g/mol. The van der Waals surface area contributed by atoms with Crippen LogP contribution >= 0.6 is 11.3 Å². The number of carbonyl (C=O) groups excluding carboxylic acids is 3. The van der Waals surface area contributed by atoms with E-state index in [2.05, 4.69) is 0 Å². The number of nitrogens with one attached hydrogen (secondary N) is 1. The molecule has 2 rings (SSSR count). The highest BCUT2D eigenvalue weighted by Crippen LogP contribution is 2.29. The number of rotatable bonds is 4. The van der Waals surface area contributed by atoms with Crippen molar-refractivity contribution in [1.29, 1.82) is 0 Å². The molecule has 0 fully saturated rings. The number of primary amides is 1. The van der Waals surface area contributed by atoms with Gasteiger partial charge >= 0.3 is 12.0 Å². The summed E-state index contributed by atoms with van der Waals surface area (Å²) in [6.07, 6.45) is -1.12. The van der Waals surface area contributed by atoms with Crippen LogP contribution in [0, 0.1) is 6.92 Å². The second-order valence-corrected chi connectivity index (χ2v) is 5.85. The number of amides is 3. The van der Waals surface area contributed by atoms with Gasteiger partial charge in [0, 0.05) is 5.56 Å². The van der Waals surface area contributed by atoms with Gasteiger partial charge in [0.15, 0.2) is 6.10 Å².